The van der Waals surface area contributed by atoms with Crippen LogP contribution in [0.4, 0.5) is 0 Å². The fourth-order valence-corrected chi connectivity index (χ4v) is 2.79. The van der Waals surface area contributed by atoms with Crippen molar-refractivity contribution in [1.82, 2.24) is 5.32 Å². The smallest absolute Gasteiger partial charge is 0.0577 e. The largest absolute Gasteiger partial charge is 0.307 e. The summed E-state index contributed by atoms with van der Waals surface area (Å²) in [5.41, 5.74) is 6.21. The molecule has 106 valence electrons. The molecule has 0 aliphatic carbocycles. The zero-order chi connectivity index (χ0) is 14.7. The van der Waals surface area contributed by atoms with Gasteiger partial charge in [0.1, 0.15) is 0 Å². The molecule has 1 nitrogen and oxygen atoms in total. The van der Waals surface area contributed by atoms with Crippen LogP contribution in [0.5, 0.6) is 0 Å². The molecule has 2 aromatic carbocycles. The maximum atomic E-state index is 6.28. The molecule has 1 unspecified atom stereocenters. The summed E-state index contributed by atoms with van der Waals surface area (Å²) in [6.45, 7) is 9.36. The molecule has 2 rings (SSSR count). The first-order chi connectivity index (χ1) is 9.51. The summed E-state index contributed by atoms with van der Waals surface area (Å²) in [6, 6.07) is 13.2. The summed E-state index contributed by atoms with van der Waals surface area (Å²) in [7, 11) is 0. The van der Waals surface area contributed by atoms with Crippen molar-refractivity contribution < 1.29 is 0 Å². The van der Waals surface area contributed by atoms with Gasteiger partial charge in [0.15, 0.2) is 0 Å². The van der Waals surface area contributed by atoms with Gasteiger partial charge in [-0.2, -0.15) is 0 Å². The lowest BCUT2D eigenvalue weighted by Crippen LogP contribution is -2.22. The first-order valence-corrected chi connectivity index (χ1v) is 7.46. The first-order valence-electron chi connectivity index (χ1n) is 7.09. The average molecular weight is 288 g/mol. The molecule has 0 aromatic heterocycles. The molecule has 0 radical (unpaired) electrons. The molecule has 0 saturated heterocycles. The van der Waals surface area contributed by atoms with Crippen LogP contribution in [0.1, 0.15) is 40.8 Å². The molecule has 0 heterocycles. The molecule has 0 spiro atoms. The van der Waals surface area contributed by atoms with Crippen molar-refractivity contribution in [3.63, 3.8) is 0 Å². The standard InChI is InChI=1S/C18H22ClN/c1-5-20-18(15-7-6-14(4)17(19)11-15)16-9-12(2)8-13(3)10-16/h6-11,18,20H,5H2,1-4H3. The van der Waals surface area contributed by atoms with E-state index in [1.807, 2.05) is 6.92 Å². The van der Waals surface area contributed by atoms with E-state index in [1.165, 1.54) is 22.3 Å². The summed E-state index contributed by atoms with van der Waals surface area (Å²) >= 11 is 6.28. The molecule has 0 amide bonds. The highest BCUT2D eigenvalue weighted by Gasteiger charge is 2.14. The Hall–Kier alpha value is -1.31. The summed E-state index contributed by atoms with van der Waals surface area (Å²) in [4.78, 5) is 0. The predicted molar refractivity (Wildman–Crippen MR) is 87.6 cm³/mol. The molecule has 20 heavy (non-hydrogen) atoms. The third-order valence-electron chi connectivity index (χ3n) is 3.51. The molecular formula is C18H22ClN. The SMILES string of the molecule is CCNC(c1cc(C)cc(C)c1)c1ccc(C)c(Cl)c1. The second-order valence-corrected chi connectivity index (χ2v) is 5.83. The minimum Gasteiger partial charge on any atom is -0.307 e. The van der Waals surface area contributed by atoms with Crippen molar-refractivity contribution in [1.29, 1.82) is 0 Å². The van der Waals surface area contributed by atoms with Gasteiger partial charge in [0.2, 0.25) is 0 Å². The van der Waals surface area contributed by atoms with E-state index in [0.29, 0.717) is 0 Å². The maximum Gasteiger partial charge on any atom is 0.0577 e. The molecule has 1 atom stereocenters. The molecule has 0 bridgehead atoms. The van der Waals surface area contributed by atoms with Crippen molar-refractivity contribution in [2.45, 2.75) is 33.7 Å². The zero-order valence-electron chi connectivity index (χ0n) is 12.6. The quantitative estimate of drug-likeness (QED) is 0.838. The van der Waals surface area contributed by atoms with E-state index in [0.717, 1.165) is 17.1 Å². The second-order valence-electron chi connectivity index (χ2n) is 5.42. The first kappa shape index (κ1) is 15.1. The molecule has 0 saturated carbocycles. The lowest BCUT2D eigenvalue weighted by Gasteiger charge is -2.21. The van der Waals surface area contributed by atoms with Gasteiger partial charge in [0, 0.05) is 5.02 Å². The molecule has 2 heteroatoms. The van der Waals surface area contributed by atoms with E-state index in [-0.39, 0.29) is 6.04 Å². The summed E-state index contributed by atoms with van der Waals surface area (Å²) in [5.74, 6) is 0. The lowest BCUT2D eigenvalue weighted by molar-refractivity contribution is 0.630. The van der Waals surface area contributed by atoms with Crippen LogP contribution >= 0.6 is 11.6 Å². The van der Waals surface area contributed by atoms with Crippen LogP contribution in [0.25, 0.3) is 0 Å². The average Bonchev–Trinajstić information content (AvgIpc) is 2.38. The predicted octanol–water partition coefficient (Wildman–Crippen LogP) is 4.96. The molecule has 0 aliphatic heterocycles. The molecule has 2 aromatic rings. The summed E-state index contributed by atoms with van der Waals surface area (Å²) < 4.78 is 0. The number of hydrogen-bond acceptors (Lipinski definition) is 1. The number of rotatable bonds is 4. The van der Waals surface area contributed by atoms with Gasteiger partial charge in [0.05, 0.1) is 6.04 Å². The fourth-order valence-electron chi connectivity index (χ4n) is 2.60. The molecule has 0 aliphatic rings. The Morgan fingerprint density at radius 1 is 0.950 bits per heavy atom. The van der Waals surface area contributed by atoms with Gasteiger partial charge < -0.3 is 5.32 Å². The van der Waals surface area contributed by atoms with Gasteiger partial charge in [-0.15, -0.1) is 0 Å². The van der Waals surface area contributed by atoms with Crippen LogP contribution in [-0.2, 0) is 0 Å². The van der Waals surface area contributed by atoms with E-state index in [2.05, 4.69) is 62.5 Å². The highest BCUT2D eigenvalue weighted by Crippen LogP contribution is 2.27. The molecule has 0 fully saturated rings. The van der Waals surface area contributed by atoms with Crippen molar-refractivity contribution in [3.8, 4) is 0 Å². The molecular weight excluding hydrogens is 266 g/mol. The van der Waals surface area contributed by atoms with Gasteiger partial charge in [0.25, 0.3) is 0 Å². The third kappa shape index (κ3) is 3.41. The Morgan fingerprint density at radius 2 is 1.60 bits per heavy atom. The van der Waals surface area contributed by atoms with Gasteiger partial charge >= 0.3 is 0 Å². The van der Waals surface area contributed by atoms with E-state index >= 15 is 0 Å². The Bertz CT molecular complexity index is 584. The molecule has 1 N–H and O–H groups in total. The van der Waals surface area contributed by atoms with Crippen molar-refractivity contribution in [2.24, 2.45) is 0 Å². The maximum absolute atomic E-state index is 6.28. The topological polar surface area (TPSA) is 12.0 Å². The van der Waals surface area contributed by atoms with Crippen LogP contribution in [0, 0.1) is 20.8 Å². The summed E-state index contributed by atoms with van der Waals surface area (Å²) in [5, 5.41) is 4.39. The van der Waals surface area contributed by atoms with E-state index in [1.54, 1.807) is 0 Å². The van der Waals surface area contributed by atoms with Gasteiger partial charge in [-0.3, -0.25) is 0 Å². The van der Waals surface area contributed by atoms with Crippen molar-refractivity contribution >= 4 is 11.6 Å². The lowest BCUT2D eigenvalue weighted by atomic mass is 9.95. The Kier molecular flexibility index (Phi) is 4.85. The summed E-state index contributed by atoms with van der Waals surface area (Å²) in [6.07, 6.45) is 0. The van der Waals surface area contributed by atoms with Gasteiger partial charge in [-0.1, -0.05) is 60.0 Å². The van der Waals surface area contributed by atoms with Gasteiger partial charge in [-0.25, -0.2) is 0 Å². The monoisotopic (exact) mass is 287 g/mol. The van der Waals surface area contributed by atoms with E-state index < -0.39 is 0 Å². The number of halogens is 1. The third-order valence-corrected chi connectivity index (χ3v) is 3.92. The van der Waals surface area contributed by atoms with Crippen LogP contribution in [-0.4, -0.2) is 6.54 Å². The number of nitrogens with one attached hydrogen (secondary N) is 1. The highest BCUT2D eigenvalue weighted by atomic mass is 35.5. The Balaban J connectivity index is 2.46. The van der Waals surface area contributed by atoms with Crippen molar-refractivity contribution in [3.05, 3.63) is 69.2 Å². The number of aryl methyl sites for hydroxylation is 3. The Morgan fingerprint density at radius 3 is 2.15 bits per heavy atom. The number of benzene rings is 2. The second kappa shape index (κ2) is 6.43. The van der Waals surface area contributed by atoms with Crippen LogP contribution in [0.15, 0.2) is 36.4 Å². The van der Waals surface area contributed by atoms with Crippen LogP contribution in [0.3, 0.4) is 0 Å². The zero-order valence-corrected chi connectivity index (χ0v) is 13.4. The van der Waals surface area contributed by atoms with Crippen molar-refractivity contribution in [2.75, 3.05) is 6.54 Å². The minimum absolute atomic E-state index is 0.191. The Labute approximate surface area is 127 Å². The number of hydrogen-bond donors (Lipinski definition) is 1. The van der Waals surface area contributed by atoms with Crippen LogP contribution < -0.4 is 5.32 Å². The fraction of sp³-hybridized carbons (Fsp3) is 0.333. The van der Waals surface area contributed by atoms with Gasteiger partial charge in [-0.05, 0) is 50.1 Å². The highest BCUT2D eigenvalue weighted by molar-refractivity contribution is 6.31. The van der Waals surface area contributed by atoms with Crippen LogP contribution in [0.2, 0.25) is 5.02 Å². The van der Waals surface area contributed by atoms with E-state index in [4.69, 9.17) is 11.6 Å². The minimum atomic E-state index is 0.191. The normalized spacial score (nSPS) is 12.4. The van der Waals surface area contributed by atoms with E-state index in [9.17, 15) is 0 Å².